The predicted octanol–water partition coefficient (Wildman–Crippen LogP) is 4.36. The Morgan fingerprint density at radius 2 is 2.17 bits per heavy atom. The van der Waals surface area contributed by atoms with Crippen LogP contribution in [-0.4, -0.2) is 18.7 Å². The van der Waals surface area contributed by atoms with Crippen molar-refractivity contribution in [3.63, 3.8) is 0 Å². The Balaban J connectivity index is 1.50. The summed E-state index contributed by atoms with van der Waals surface area (Å²) in [6, 6.07) is 7.34. The standard InChI is InChI=1S/C21H27NO2/c1-2-3-4-14-5-6-16-12-17(8-7-15(16)11-14)19-10-9-18-13-24-21(23)22-20(18)19/h2,7-8,12,14,18-20H,1,3-6,9-11,13H2,(H,22,23)/t14-,18-,19+,20?/m1/s1. The third-order valence-corrected chi connectivity index (χ3v) is 6.27. The molecule has 128 valence electrons. The van der Waals surface area contributed by atoms with Crippen LogP contribution < -0.4 is 5.32 Å². The second-order valence-corrected chi connectivity index (χ2v) is 7.72. The first-order valence-electron chi connectivity index (χ1n) is 9.40. The van der Waals surface area contributed by atoms with Crippen molar-refractivity contribution in [2.75, 3.05) is 6.61 Å². The van der Waals surface area contributed by atoms with Gasteiger partial charge in [-0.1, -0.05) is 24.3 Å². The fraction of sp³-hybridized carbons (Fsp3) is 0.571. The number of carbonyl (C=O) groups is 1. The summed E-state index contributed by atoms with van der Waals surface area (Å²) in [7, 11) is 0. The van der Waals surface area contributed by atoms with Gasteiger partial charge in [0.2, 0.25) is 0 Å². The van der Waals surface area contributed by atoms with Crippen LogP contribution in [0.25, 0.3) is 0 Å². The number of amides is 1. The molecule has 0 bridgehead atoms. The monoisotopic (exact) mass is 325 g/mol. The molecule has 4 rings (SSSR count). The van der Waals surface area contributed by atoms with E-state index in [0.29, 0.717) is 18.4 Å². The highest BCUT2D eigenvalue weighted by atomic mass is 16.6. The van der Waals surface area contributed by atoms with Crippen LogP contribution in [0.4, 0.5) is 4.79 Å². The Hall–Kier alpha value is -1.77. The first-order chi connectivity index (χ1) is 11.7. The highest BCUT2D eigenvalue weighted by Gasteiger charge is 2.41. The van der Waals surface area contributed by atoms with Gasteiger partial charge in [-0.25, -0.2) is 4.79 Å². The van der Waals surface area contributed by atoms with E-state index in [1.165, 1.54) is 42.4 Å². The fourth-order valence-electron chi connectivity index (χ4n) is 4.90. The van der Waals surface area contributed by atoms with Crippen LogP contribution in [0.2, 0.25) is 0 Å². The molecule has 1 saturated heterocycles. The van der Waals surface area contributed by atoms with Gasteiger partial charge in [0.1, 0.15) is 0 Å². The number of alkyl carbamates (subject to hydrolysis) is 1. The van der Waals surface area contributed by atoms with Crippen molar-refractivity contribution in [2.45, 2.75) is 56.9 Å². The molecular formula is C21H27NO2. The lowest BCUT2D eigenvalue weighted by atomic mass is 9.79. The van der Waals surface area contributed by atoms with Gasteiger partial charge in [0.25, 0.3) is 0 Å². The summed E-state index contributed by atoms with van der Waals surface area (Å²) < 4.78 is 5.15. The lowest BCUT2D eigenvalue weighted by Crippen LogP contribution is -2.47. The van der Waals surface area contributed by atoms with Gasteiger partial charge >= 0.3 is 6.09 Å². The van der Waals surface area contributed by atoms with Crippen molar-refractivity contribution in [3.05, 3.63) is 47.5 Å². The van der Waals surface area contributed by atoms with Gasteiger partial charge in [-0.05, 0) is 67.6 Å². The Bertz CT molecular complexity index is 639. The third kappa shape index (κ3) is 2.97. The Morgan fingerprint density at radius 1 is 1.25 bits per heavy atom. The fourth-order valence-corrected chi connectivity index (χ4v) is 4.90. The summed E-state index contributed by atoms with van der Waals surface area (Å²) in [6.07, 6.45) is 10.2. The van der Waals surface area contributed by atoms with Gasteiger partial charge in [-0.3, -0.25) is 0 Å². The minimum Gasteiger partial charge on any atom is -0.449 e. The van der Waals surface area contributed by atoms with Crippen molar-refractivity contribution < 1.29 is 9.53 Å². The van der Waals surface area contributed by atoms with E-state index >= 15 is 0 Å². The van der Waals surface area contributed by atoms with Crippen LogP contribution in [-0.2, 0) is 17.6 Å². The molecule has 2 aliphatic carbocycles. The third-order valence-electron chi connectivity index (χ3n) is 6.27. The molecule has 1 aromatic carbocycles. The summed E-state index contributed by atoms with van der Waals surface area (Å²) in [5, 5.41) is 3.07. The molecule has 1 amide bonds. The van der Waals surface area contributed by atoms with Crippen LogP contribution in [0.15, 0.2) is 30.9 Å². The minimum absolute atomic E-state index is 0.244. The molecule has 2 fully saturated rings. The number of cyclic esters (lactones) is 1. The number of benzene rings is 1. The number of ether oxygens (including phenoxy) is 1. The van der Waals surface area contributed by atoms with Crippen molar-refractivity contribution >= 4 is 6.09 Å². The van der Waals surface area contributed by atoms with Crippen molar-refractivity contribution in [1.29, 1.82) is 0 Å². The molecular weight excluding hydrogens is 298 g/mol. The average Bonchev–Trinajstić information content (AvgIpc) is 3.02. The Morgan fingerprint density at radius 3 is 3.04 bits per heavy atom. The van der Waals surface area contributed by atoms with Crippen molar-refractivity contribution in [3.8, 4) is 0 Å². The zero-order chi connectivity index (χ0) is 16.5. The molecule has 3 heteroatoms. The number of aryl methyl sites for hydroxylation is 1. The highest BCUT2D eigenvalue weighted by molar-refractivity contribution is 5.68. The molecule has 1 heterocycles. The molecule has 0 radical (unpaired) electrons. The Kier molecular flexibility index (Phi) is 4.34. The van der Waals surface area contributed by atoms with Crippen LogP contribution in [0.1, 0.15) is 54.7 Å². The summed E-state index contributed by atoms with van der Waals surface area (Å²) >= 11 is 0. The van der Waals surface area contributed by atoms with E-state index in [0.717, 1.165) is 25.2 Å². The van der Waals surface area contributed by atoms with E-state index in [2.05, 4.69) is 30.1 Å². The zero-order valence-corrected chi connectivity index (χ0v) is 14.3. The number of hydrogen-bond acceptors (Lipinski definition) is 2. The van der Waals surface area contributed by atoms with E-state index in [9.17, 15) is 4.79 Å². The summed E-state index contributed by atoms with van der Waals surface area (Å²) in [4.78, 5) is 11.6. The zero-order valence-electron chi connectivity index (χ0n) is 14.3. The van der Waals surface area contributed by atoms with Gasteiger partial charge in [-0.15, -0.1) is 6.58 Å². The van der Waals surface area contributed by atoms with E-state index in [4.69, 9.17) is 4.74 Å². The minimum atomic E-state index is -0.244. The molecule has 24 heavy (non-hydrogen) atoms. The predicted molar refractivity (Wildman–Crippen MR) is 95.1 cm³/mol. The van der Waals surface area contributed by atoms with E-state index in [1.54, 1.807) is 0 Å². The molecule has 0 aromatic heterocycles. The summed E-state index contributed by atoms with van der Waals surface area (Å²) in [5.74, 6) is 1.74. The second kappa shape index (κ2) is 6.62. The number of nitrogens with one attached hydrogen (secondary N) is 1. The molecule has 1 unspecified atom stereocenters. The number of fused-ring (bicyclic) bond motifs is 2. The van der Waals surface area contributed by atoms with E-state index in [1.807, 2.05) is 6.08 Å². The van der Waals surface area contributed by atoms with Crippen LogP contribution in [0.5, 0.6) is 0 Å². The summed E-state index contributed by atoms with van der Waals surface area (Å²) in [5.41, 5.74) is 4.47. The van der Waals surface area contributed by atoms with E-state index < -0.39 is 0 Å². The van der Waals surface area contributed by atoms with Crippen molar-refractivity contribution in [2.24, 2.45) is 11.8 Å². The molecule has 1 N–H and O–H groups in total. The number of carbonyl (C=O) groups excluding carboxylic acids is 1. The van der Waals surface area contributed by atoms with Gasteiger partial charge in [-0.2, -0.15) is 0 Å². The van der Waals surface area contributed by atoms with E-state index in [-0.39, 0.29) is 12.1 Å². The Labute approximate surface area is 144 Å². The number of allylic oxidation sites excluding steroid dienone is 1. The molecule has 1 aromatic rings. The van der Waals surface area contributed by atoms with Crippen LogP contribution >= 0.6 is 0 Å². The highest BCUT2D eigenvalue weighted by Crippen LogP contribution is 2.41. The maximum absolute atomic E-state index is 11.6. The summed E-state index contributed by atoms with van der Waals surface area (Å²) in [6.45, 7) is 4.43. The van der Waals surface area contributed by atoms with Crippen LogP contribution in [0.3, 0.4) is 0 Å². The normalized spacial score (nSPS) is 31.6. The lowest BCUT2D eigenvalue weighted by molar-refractivity contribution is 0.0878. The van der Waals surface area contributed by atoms with Gasteiger partial charge in [0, 0.05) is 17.9 Å². The lowest BCUT2D eigenvalue weighted by Gasteiger charge is -2.31. The molecule has 4 atom stereocenters. The molecule has 1 saturated carbocycles. The largest absolute Gasteiger partial charge is 0.449 e. The first-order valence-corrected chi connectivity index (χ1v) is 9.40. The topological polar surface area (TPSA) is 38.3 Å². The van der Waals surface area contributed by atoms with Gasteiger partial charge in [0.05, 0.1) is 6.61 Å². The maximum atomic E-state index is 11.6. The second-order valence-electron chi connectivity index (χ2n) is 7.72. The quantitative estimate of drug-likeness (QED) is 0.835. The molecule has 1 aliphatic heterocycles. The molecule has 0 spiro atoms. The van der Waals surface area contributed by atoms with Crippen LogP contribution in [0, 0.1) is 11.8 Å². The molecule has 3 nitrogen and oxygen atoms in total. The molecule has 3 aliphatic rings. The average molecular weight is 325 g/mol. The van der Waals surface area contributed by atoms with Gasteiger partial charge in [0.15, 0.2) is 0 Å². The first kappa shape index (κ1) is 15.7. The van der Waals surface area contributed by atoms with Gasteiger partial charge < -0.3 is 10.1 Å². The number of rotatable bonds is 4. The SMILES string of the molecule is C=CCC[C@@H]1CCc2cc([C@@H]3CC[C@@H]4COC(=O)NC43)ccc2C1. The maximum Gasteiger partial charge on any atom is 0.407 e. The number of hydrogen-bond donors (Lipinski definition) is 1. The van der Waals surface area contributed by atoms with Crippen molar-refractivity contribution in [1.82, 2.24) is 5.32 Å². The smallest absolute Gasteiger partial charge is 0.407 e.